The van der Waals surface area contributed by atoms with E-state index in [9.17, 15) is 4.39 Å². The van der Waals surface area contributed by atoms with Crippen molar-refractivity contribution in [3.8, 4) is 0 Å². The highest BCUT2D eigenvalue weighted by atomic mass is 32.2. The Bertz CT molecular complexity index is 1240. The van der Waals surface area contributed by atoms with Gasteiger partial charge in [-0.2, -0.15) is 0 Å². The molecule has 0 aliphatic heterocycles. The first-order chi connectivity index (χ1) is 16.1. The van der Waals surface area contributed by atoms with Crippen LogP contribution in [0.3, 0.4) is 0 Å². The highest BCUT2D eigenvalue weighted by molar-refractivity contribution is 8.13. The average Bonchev–Trinajstić information content (AvgIpc) is 3.20. The number of likely N-dealkylation sites (N-methyl/N-ethyl adjacent to an activating group) is 1. The molecule has 1 N–H and O–H groups in total. The molecule has 1 unspecified atom stereocenters. The number of rotatable bonds is 7. The SMILES string of the molecule is C=C(/C=C\C(C)(C)c1ccc(C(C)NC)c(F)c1)N(C)C(=NC)Sc1ccc2ncn(C)c2c1. The number of fused-ring (bicyclic) bond motifs is 1. The van der Waals surface area contributed by atoms with E-state index in [4.69, 9.17) is 0 Å². The molecule has 0 radical (unpaired) electrons. The minimum absolute atomic E-state index is 0.0380. The normalized spacial score (nSPS) is 13.6. The van der Waals surface area contributed by atoms with E-state index in [0.29, 0.717) is 5.56 Å². The number of thioether (sulfide) groups is 1. The van der Waals surface area contributed by atoms with E-state index in [1.807, 2.05) is 74.2 Å². The highest BCUT2D eigenvalue weighted by Gasteiger charge is 2.20. The van der Waals surface area contributed by atoms with Crippen molar-refractivity contribution in [3.05, 3.63) is 84.1 Å². The number of allylic oxidation sites excluding steroid dienone is 2. The minimum Gasteiger partial charge on any atom is -0.334 e. The number of benzene rings is 2. The fourth-order valence-corrected chi connectivity index (χ4v) is 4.47. The first-order valence-corrected chi connectivity index (χ1v) is 12.0. The number of aryl methyl sites for hydroxylation is 1. The van der Waals surface area contributed by atoms with Crippen LogP contribution in [0.2, 0.25) is 0 Å². The third-order valence-electron chi connectivity index (χ3n) is 6.15. The van der Waals surface area contributed by atoms with Crippen molar-refractivity contribution in [2.24, 2.45) is 12.0 Å². The van der Waals surface area contributed by atoms with Crippen LogP contribution < -0.4 is 5.32 Å². The fourth-order valence-electron chi connectivity index (χ4n) is 3.61. The van der Waals surface area contributed by atoms with E-state index in [0.717, 1.165) is 32.4 Å². The molecule has 0 saturated heterocycles. The number of imidazole rings is 1. The van der Waals surface area contributed by atoms with Crippen molar-refractivity contribution >= 4 is 28.0 Å². The van der Waals surface area contributed by atoms with Crippen LogP contribution in [-0.2, 0) is 12.5 Å². The summed E-state index contributed by atoms with van der Waals surface area (Å²) in [7, 11) is 7.54. The molecule has 5 nitrogen and oxygen atoms in total. The van der Waals surface area contributed by atoms with Gasteiger partial charge in [-0.05, 0) is 49.9 Å². The molecular weight excluding hydrogens is 445 g/mol. The maximum Gasteiger partial charge on any atom is 0.168 e. The van der Waals surface area contributed by atoms with Crippen LogP contribution in [0.5, 0.6) is 0 Å². The van der Waals surface area contributed by atoms with Gasteiger partial charge in [-0.1, -0.05) is 50.4 Å². The van der Waals surface area contributed by atoms with E-state index in [2.05, 4.69) is 47.9 Å². The van der Waals surface area contributed by atoms with Gasteiger partial charge in [-0.3, -0.25) is 4.99 Å². The molecule has 1 atom stereocenters. The number of hydrogen-bond acceptors (Lipinski definition) is 4. The predicted octanol–water partition coefficient (Wildman–Crippen LogP) is 6.05. The lowest BCUT2D eigenvalue weighted by molar-refractivity contribution is 0.554. The number of nitrogens with one attached hydrogen (secondary N) is 1. The first kappa shape index (κ1) is 25.7. The molecule has 0 spiro atoms. The number of amidine groups is 1. The van der Waals surface area contributed by atoms with Crippen molar-refractivity contribution < 1.29 is 4.39 Å². The minimum atomic E-state index is -0.368. The Morgan fingerprint density at radius 1 is 1.29 bits per heavy atom. The van der Waals surface area contributed by atoms with Gasteiger partial charge in [0.25, 0.3) is 0 Å². The third-order valence-corrected chi connectivity index (χ3v) is 7.28. The Hall–Kier alpha value is -2.90. The Labute approximate surface area is 206 Å². The second-order valence-electron chi connectivity index (χ2n) is 8.97. The van der Waals surface area contributed by atoms with Crippen LogP contribution in [0.15, 0.2) is 77.0 Å². The fraction of sp³-hybridized carbons (Fsp3) is 0.333. The van der Waals surface area contributed by atoms with Crippen LogP contribution in [-0.4, -0.2) is 40.8 Å². The van der Waals surface area contributed by atoms with Gasteiger partial charge in [-0.25, -0.2) is 9.37 Å². The molecular formula is C27H34FN5S. The number of nitrogens with zero attached hydrogens (tertiary/aromatic N) is 4. The second-order valence-corrected chi connectivity index (χ2v) is 10.0. The standard InChI is InChI=1S/C27H34FN5S/c1-18(13-14-27(3,4)20-9-11-22(19(2)29-5)23(28)15-20)33(8)26(30-6)34-21-10-12-24-25(16-21)32(7)17-31-24/h9-17,19,29H,1H2,2-8H3/b14-13-,30-26?. The van der Waals surface area contributed by atoms with Crippen molar-refractivity contribution in [2.45, 2.75) is 37.1 Å². The smallest absolute Gasteiger partial charge is 0.168 e. The summed E-state index contributed by atoms with van der Waals surface area (Å²) in [5.41, 5.74) is 4.05. The molecule has 2 aromatic carbocycles. The topological polar surface area (TPSA) is 45.4 Å². The highest BCUT2D eigenvalue weighted by Crippen LogP contribution is 2.30. The van der Waals surface area contributed by atoms with Gasteiger partial charge in [0.2, 0.25) is 0 Å². The zero-order chi connectivity index (χ0) is 25.0. The summed E-state index contributed by atoms with van der Waals surface area (Å²) in [6.45, 7) is 10.3. The molecule has 1 heterocycles. The van der Waals surface area contributed by atoms with Crippen molar-refractivity contribution in [1.82, 2.24) is 19.8 Å². The monoisotopic (exact) mass is 479 g/mol. The van der Waals surface area contributed by atoms with Gasteiger partial charge < -0.3 is 14.8 Å². The van der Waals surface area contributed by atoms with Crippen molar-refractivity contribution in [3.63, 3.8) is 0 Å². The van der Waals surface area contributed by atoms with E-state index in [1.165, 1.54) is 0 Å². The van der Waals surface area contributed by atoms with Crippen LogP contribution in [0.1, 0.15) is 37.9 Å². The summed E-state index contributed by atoms with van der Waals surface area (Å²) in [4.78, 5) is 11.9. The molecule has 7 heteroatoms. The number of aliphatic imine (C=N–C) groups is 1. The van der Waals surface area contributed by atoms with Gasteiger partial charge >= 0.3 is 0 Å². The zero-order valence-corrected chi connectivity index (χ0v) is 21.9. The first-order valence-electron chi connectivity index (χ1n) is 11.2. The molecule has 3 aromatic rings. The Balaban J connectivity index is 1.73. The average molecular weight is 480 g/mol. The van der Waals surface area contributed by atoms with E-state index >= 15 is 0 Å². The molecule has 180 valence electrons. The summed E-state index contributed by atoms with van der Waals surface area (Å²) in [5.74, 6) is -0.195. The molecule has 0 fully saturated rings. The van der Waals surface area contributed by atoms with Crippen LogP contribution in [0, 0.1) is 5.82 Å². The Morgan fingerprint density at radius 3 is 2.68 bits per heavy atom. The van der Waals surface area contributed by atoms with Gasteiger partial charge in [0, 0.05) is 48.8 Å². The molecule has 0 aliphatic rings. The molecule has 0 bridgehead atoms. The molecule has 0 saturated carbocycles. The van der Waals surface area contributed by atoms with Gasteiger partial charge in [0.05, 0.1) is 17.4 Å². The van der Waals surface area contributed by atoms with Gasteiger partial charge in [0.1, 0.15) is 5.82 Å². The zero-order valence-electron chi connectivity index (χ0n) is 21.1. The lowest BCUT2D eigenvalue weighted by atomic mass is 9.83. The Kier molecular flexibility index (Phi) is 8.00. The quantitative estimate of drug-likeness (QED) is 0.194. The van der Waals surface area contributed by atoms with Crippen molar-refractivity contribution in [2.75, 3.05) is 21.1 Å². The maximum atomic E-state index is 14.7. The van der Waals surface area contributed by atoms with Gasteiger partial charge in [-0.15, -0.1) is 0 Å². The van der Waals surface area contributed by atoms with E-state index in [-0.39, 0.29) is 17.3 Å². The molecule has 3 rings (SSSR count). The second kappa shape index (κ2) is 10.6. The summed E-state index contributed by atoms with van der Waals surface area (Å²) < 4.78 is 16.7. The molecule has 34 heavy (non-hydrogen) atoms. The van der Waals surface area contributed by atoms with Crippen LogP contribution in [0.25, 0.3) is 11.0 Å². The number of hydrogen-bond donors (Lipinski definition) is 1. The lowest BCUT2D eigenvalue weighted by Gasteiger charge is -2.25. The number of aromatic nitrogens is 2. The molecule has 0 aliphatic carbocycles. The number of halogens is 1. The third kappa shape index (κ3) is 5.59. The van der Waals surface area contributed by atoms with Gasteiger partial charge in [0.15, 0.2) is 5.17 Å². The largest absolute Gasteiger partial charge is 0.334 e. The molecule has 1 aromatic heterocycles. The van der Waals surface area contributed by atoms with Crippen molar-refractivity contribution in [1.29, 1.82) is 0 Å². The van der Waals surface area contributed by atoms with Crippen LogP contribution in [0.4, 0.5) is 4.39 Å². The van der Waals surface area contributed by atoms with Crippen LogP contribution >= 0.6 is 11.8 Å². The summed E-state index contributed by atoms with van der Waals surface area (Å²) in [6.07, 6.45) is 5.84. The van der Waals surface area contributed by atoms with E-state index < -0.39 is 0 Å². The summed E-state index contributed by atoms with van der Waals surface area (Å²) >= 11 is 1.57. The summed E-state index contributed by atoms with van der Waals surface area (Å²) in [5, 5.41) is 3.91. The Morgan fingerprint density at radius 2 is 2.03 bits per heavy atom. The predicted molar refractivity (Wildman–Crippen MR) is 143 cm³/mol. The maximum absolute atomic E-state index is 14.7. The van der Waals surface area contributed by atoms with E-state index in [1.54, 1.807) is 24.9 Å². The molecule has 0 amide bonds. The lowest BCUT2D eigenvalue weighted by Crippen LogP contribution is -2.23. The summed E-state index contributed by atoms with van der Waals surface area (Å²) in [6, 6.07) is 11.6.